The highest BCUT2D eigenvalue weighted by Crippen LogP contribution is 2.33. The summed E-state index contributed by atoms with van der Waals surface area (Å²) in [6.07, 6.45) is 7.02. The molecule has 2 heteroatoms. The molecular formula is C10H20N2. The van der Waals surface area contributed by atoms with Gasteiger partial charge in [-0.2, -0.15) is 0 Å². The zero-order valence-electron chi connectivity index (χ0n) is 8.10. The average molecular weight is 168 g/mol. The third kappa shape index (κ3) is 1.38. The fraction of sp³-hybridized carbons (Fsp3) is 1.00. The van der Waals surface area contributed by atoms with Crippen molar-refractivity contribution in [3.05, 3.63) is 0 Å². The first kappa shape index (κ1) is 8.52. The molecule has 2 aliphatic heterocycles. The number of nitrogens with one attached hydrogen (secondary N) is 1. The van der Waals surface area contributed by atoms with E-state index >= 15 is 0 Å². The molecule has 1 N–H and O–H groups in total. The molecule has 70 valence electrons. The largest absolute Gasteiger partial charge is 0.317 e. The van der Waals surface area contributed by atoms with Gasteiger partial charge in [-0.15, -0.1) is 0 Å². The Morgan fingerprint density at radius 1 is 1.08 bits per heavy atom. The van der Waals surface area contributed by atoms with Crippen molar-refractivity contribution in [2.24, 2.45) is 0 Å². The Morgan fingerprint density at radius 3 is 2.50 bits per heavy atom. The zero-order valence-corrected chi connectivity index (χ0v) is 8.10. The molecule has 0 unspecified atom stereocenters. The fourth-order valence-corrected chi connectivity index (χ4v) is 2.75. The average Bonchev–Trinajstić information content (AvgIpc) is 2.12. The molecule has 0 saturated carbocycles. The van der Waals surface area contributed by atoms with Crippen LogP contribution in [-0.4, -0.2) is 37.1 Å². The number of hydrogen-bond donors (Lipinski definition) is 1. The van der Waals surface area contributed by atoms with Gasteiger partial charge >= 0.3 is 0 Å². The lowest BCUT2D eigenvalue weighted by atomic mass is 9.79. The van der Waals surface area contributed by atoms with Crippen LogP contribution in [0, 0.1) is 0 Å². The van der Waals surface area contributed by atoms with E-state index in [1.54, 1.807) is 0 Å². The van der Waals surface area contributed by atoms with Gasteiger partial charge in [0, 0.05) is 5.54 Å². The van der Waals surface area contributed by atoms with Crippen molar-refractivity contribution in [3.63, 3.8) is 0 Å². The summed E-state index contributed by atoms with van der Waals surface area (Å²) in [5, 5.41) is 3.45. The molecule has 2 fully saturated rings. The van der Waals surface area contributed by atoms with Gasteiger partial charge in [-0.05, 0) is 52.4 Å². The summed E-state index contributed by atoms with van der Waals surface area (Å²) in [4.78, 5) is 2.61. The summed E-state index contributed by atoms with van der Waals surface area (Å²) in [6.45, 7) is 3.77. The summed E-state index contributed by atoms with van der Waals surface area (Å²) in [7, 11) is 2.31. The second-order valence-electron chi connectivity index (χ2n) is 4.35. The number of hydrogen-bond acceptors (Lipinski definition) is 2. The second kappa shape index (κ2) is 3.35. The smallest absolute Gasteiger partial charge is 0.0230 e. The lowest BCUT2D eigenvalue weighted by molar-refractivity contribution is 0.0439. The van der Waals surface area contributed by atoms with Crippen LogP contribution in [0.3, 0.4) is 0 Å². The zero-order chi connectivity index (χ0) is 8.44. The van der Waals surface area contributed by atoms with Gasteiger partial charge in [-0.25, -0.2) is 0 Å². The molecule has 0 amide bonds. The highest BCUT2D eigenvalue weighted by Gasteiger charge is 2.37. The van der Waals surface area contributed by atoms with Crippen molar-refractivity contribution in [2.45, 2.75) is 37.6 Å². The Labute approximate surface area is 75.3 Å². The van der Waals surface area contributed by atoms with Crippen molar-refractivity contribution in [3.8, 4) is 0 Å². The Balaban J connectivity index is 2.04. The van der Waals surface area contributed by atoms with E-state index in [0.29, 0.717) is 5.54 Å². The molecule has 0 aromatic rings. The molecule has 0 bridgehead atoms. The Hall–Kier alpha value is -0.0800. The van der Waals surface area contributed by atoms with Gasteiger partial charge in [0.1, 0.15) is 0 Å². The molecule has 2 nitrogen and oxygen atoms in total. The molecule has 2 heterocycles. The lowest BCUT2D eigenvalue weighted by Crippen LogP contribution is -2.55. The summed E-state index contributed by atoms with van der Waals surface area (Å²) in [6, 6.07) is 0. The van der Waals surface area contributed by atoms with Gasteiger partial charge in [0.2, 0.25) is 0 Å². The number of rotatable bonds is 0. The van der Waals surface area contributed by atoms with Gasteiger partial charge in [0.25, 0.3) is 0 Å². The van der Waals surface area contributed by atoms with Crippen LogP contribution in [-0.2, 0) is 0 Å². The van der Waals surface area contributed by atoms with E-state index in [1.165, 1.54) is 51.7 Å². The first-order chi connectivity index (χ1) is 5.83. The summed E-state index contributed by atoms with van der Waals surface area (Å²) >= 11 is 0. The van der Waals surface area contributed by atoms with Crippen LogP contribution in [0.15, 0.2) is 0 Å². The summed E-state index contributed by atoms with van der Waals surface area (Å²) < 4.78 is 0. The van der Waals surface area contributed by atoms with Crippen LogP contribution in [0.1, 0.15) is 32.1 Å². The molecule has 0 aromatic carbocycles. The minimum absolute atomic E-state index is 0.587. The predicted octanol–water partition coefficient (Wildman–Crippen LogP) is 1.22. The molecule has 12 heavy (non-hydrogen) atoms. The SMILES string of the molecule is CN1CCCCC12CCNCC2. The number of piperidine rings is 2. The highest BCUT2D eigenvalue weighted by molar-refractivity contribution is 4.95. The second-order valence-corrected chi connectivity index (χ2v) is 4.35. The fourth-order valence-electron chi connectivity index (χ4n) is 2.75. The number of nitrogens with zero attached hydrogens (tertiary/aromatic N) is 1. The first-order valence-corrected chi connectivity index (χ1v) is 5.25. The topological polar surface area (TPSA) is 15.3 Å². The predicted molar refractivity (Wildman–Crippen MR) is 51.3 cm³/mol. The van der Waals surface area contributed by atoms with Crippen LogP contribution < -0.4 is 5.32 Å². The van der Waals surface area contributed by atoms with Gasteiger partial charge in [-0.1, -0.05) is 6.42 Å². The van der Waals surface area contributed by atoms with Gasteiger partial charge < -0.3 is 10.2 Å². The molecular weight excluding hydrogens is 148 g/mol. The lowest BCUT2D eigenvalue weighted by Gasteiger charge is -2.48. The van der Waals surface area contributed by atoms with Crippen LogP contribution in [0.2, 0.25) is 0 Å². The number of likely N-dealkylation sites (tertiary alicyclic amines) is 1. The van der Waals surface area contributed by atoms with E-state index < -0.39 is 0 Å². The summed E-state index contributed by atoms with van der Waals surface area (Å²) in [5.41, 5.74) is 0.587. The quantitative estimate of drug-likeness (QED) is 0.585. The van der Waals surface area contributed by atoms with E-state index in [4.69, 9.17) is 0 Å². The van der Waals surface area contributed by atoms with Crippen molar-refractivity contribution >= 4 is 0 Å². The van der Waals surface area contributed by atoms with E-state index in [-0.39, 0.29) is 0 Å². The van der Waals surface area contributed by atoms with E-state index in [0.717, 1.165) is 0 Å². The molecule has 0 atom stereocenters. The van der Waals surface area contributed by atoms with Crippen LogP contribution >= 0.6 is 0 Å². The maximum atomic E-state index is 3.45. The monoisotopic (exact) mass is 168 g/mol. The van der Waals surface area contributed by atoms with Crippen molar-refractivity contribution < 1.29 is 0 Å². The third-order valence-corrected chi connectivity index (χ3v) is 3.73. The minimum atomic E-state index is 0.587. The highest BCUT2D eigenvalue weighted by atomic mass is 15.2. The third-order valence-electron chi connectivity index (χ3n) is 3.73. The van der Waals surface area contributed by atoms with E-state index in [1.807, 2.05) is 0 Å². The minimum Gasteiger partial charge on any atom is -0.317 e. The van der Waals surface area contributed by atoms with Crippen molar-refractivity contribution in [1.29, 1.82) is 0 Å². The van der Waals surface area contributed by atoms with Crippen molar-refractivity contribution in [1.82, 2.24) is 10.2 Å². The molecule has 1 spiro atoms. The first-order valence-electron chi connectivity index (χ1n) is 5.25. The maximum Gasteiger partial charge on any atom is 0.0230 e. The van der Waals surface area contributed by atoms with E-state index in [2.05, 4.69) is 17.3 Å². The molecule has 2 saturated heterocycles. The normalized spacial score (nSPS) is 30.8. The van der Waals surface area contributed by atoms with Crippen LogP contribution in [0.25, 0.3) is 0 Å². The Kier molecular flexibility index (Phi) is 2.37. The Bertz CT molecular complexity index is 142. The van der Waals surface area contributed by atoms with Crippen LogP contribution in [0.5, 0.6) is 0 Å². The van der Waals surface area contributed by atoms with E-state index in [9.17, 15) is 0 Å². The molecule has 0 aromatic heterocycles. The van der Waals surface area contributed by atoms with Crippen molar-refractivity contribution in [2.75, 3.05) is 26.7 Å². The van der Waals surface area contributed by atoms with Gasteiger partial charge in [-0.3, -0.25) is 0 Å². The molecule has 0 aliphatic carbocycles. The summed E-state index contributed by atoms with van der Waals surface area (Å²) in [5.74, 6) is 0. The Morgan fingerprint density at radius 2 is 1.83 bits per heavy atom. The standard InChI is InChI=1S/C10H20N2/c1-12-9-3-2-4-10(12)5-7-11-8-6-10/h11H,2-9H2,1H3. The van der Waals surface area contributed by atoms with Crippen LogP contribution in [0.4, 0.5) is 0 Å². The maximum absolute atomic E-state index is 3.45. The molecule has 2 rings (SSSR count). The van der Waals surface area contributed by atoms with Gasteiger partial charge in [0.15, 0.2) is 0 Å². The molecule has 0 radical (unpaired) electrons. The van der Waals surface area contributed by atoms with Gasteiger partial charge in [0.05, 0.1) is 0 Å². The molecule has 2 aliphatic rings.